The Morgan fingerprint density at radius 3 is 2.87 bits per heavy atom. The SMILES string of the molecule is N=Cc1c(Nc2cccc(Cl)c2)nc(CC2CCCC2)[nH]c1=O. The lowest BCUT2D eigenvalue weighted by molar-refractivity contribution is 0.529. The van der Waals surface area contributed by atoms with Gasteiger partial charge >= 0.3 is 0 Å². The van der Waals surface area contributed by atoms with Crippen LogP contribution in [0, 0.1) is 11.3 Å². The van der Waals surface area contributed by atoms with Crippen molar-refractivity contribution in [2.24, 2.45) is 5.92 Å². The van der Waals surface area contributed by atoms with E-state index in [9.17, 15) is 4.79 Å². The normalized spacial score (nSPS) is 14.8. The molecule has 0 aliphatic heterocycles. The van der Waals surface area contributed by atoms with Gasteiger partial charge in [-0.2, -0.15) is 0 Å². The van der Waals surface area contributed by atoms with Gasteiger partial charge in [0.25, 0.3) is 5.56 Å². The number of anilines is 2. The molecule has 0 amide bonds. The van der Waals surface area contributed by atoms with Gasteiger partial charge in [-0.05, 0) is 24.1 Å². The summed E-state index contributed by atoms with van der Waals surface area (Å²) in [6, 6.07) is 7.20. The minimum Gasteiger partial charge on any atom is -0.339 e. The van der Waals surface area contributed by atoms with E-state index in [1.165, 1.54) is 25.7 Å². The lowest BCUT2D eigenvalue weighted by Gasteiger charge is -2.12. The zero-order valence-corrected chi connectivity index (χ0v) is 13.5. The van der Waals surface area contributed by atoms with Crippen LogP contribution in [0.3, 0.4) is 0 Å². The predicted molar refractivity (Wildman–Crippen MR) is 93.1 cm³/mol. The summed E-state index contributed by atoms with van der Waals surface area (Å²) in [6.07, 6.45) is 6.68. The van der Waals surface area contributed by atoms with Crippen molar-refractivity contribution in [3.63, 3.8) is 0 Å². The van der Waals surface area contributed by atoms with Gasteiger partial charge in [0.15, 0.2) is 0 Å². The van der Waals surface area contributed by atoms with Crippen LogP contribution in [0.15, 0.2) is 29.1 Å². The molecular weight excluding hydrogens is 312 g/mol. The number of hydrogen-bond acceptors (Lipinski definition) is 4. The first-order valence-electron chi connectivity index (χ1n) is 7.82. The number of hydrogen-bond donors (Lipinski definition) is 3. The summed E-state index contributed by atoms with van der Waals surface area (Å²) in [7, 11) is 0. The first-order valence-corrected chi connectivity index (χ1v) is 8.20. The highest BCUT2D eigenvalue weighted by atomic mass is 35.5. The minimum atomic E-state index is -0.285. The Balaban J connectivity index is 1.91. The van der Waals surface area contributed by atoms with E-state index in [2.05, 4.69) is 15.3 Å². The van der Waals surface area contributed by atoms with Gasteiger partial charge in [-0.1, -0.05) is 43.4 Å². The first-order chi connectivity index (χ1) is 11.2. The molecule has 120 valence electrons. The summed E-state index contributed by atoms with van der Waals surface area (Å²) in [5.41, 5.74) is 0.679. The quantitative estimate of drug-likeness (QED) is 0.727. The number of aromatic amines is 1. The van der Waals surface area contributed by atoms with Crippen LogP contribution in [0.1, 0.15) is 37.1 Å². The van der Waals surface area contributed by atoms with E-state index in [4.69, 9.17) is 17.0 Å². The fourth-order valence-corrected chi connectivity index (χ4v) is 3.24. The Hall–Kier alpha value is -2.14. The van der Waals surface area contributed by atoms with Crippen molar-refractivity contribution in [1.29, 1.82) is 5.41 Å². The van der Waals surface area contributed by atoms with Crippen molar-refractivity contribution in [2.75, 3.05) is 5.32 Å². The van der Waals surface area contributed by atoms with Crippen molar-refractivity contribution in [3.05, 3.63) is 51.0 Å². The Kier molecular flexibility index (Phi) is 4.76. The second kappa shape index (κ2) is 6.96. The summed E-state index contributed by atoms with van der Waals surface area (Å²) in [4.78, 5) is 19.5. The predicted octanol–water partition coefficient (Wildman–Crippen LogP) is 3.90. The van der Waals surface area contributed by atoms with Crippen LogP contribution in [0.25, 0.3) is 0 Å². The third-order valence-corrected chi connectivity index (χ3v) is 4.43. The van der Waals surface area contributed by atoms with Crippen molar-refractivity contribution in [1.82, 2.24) is 9.97 Å². The number of halogens is 1. The average molecular weight is 331 g/mol. The monoisotopic (exact) mass is 330 g/mol. The molecule has 0 saturated heterocycles. The van der Waals surface area contributed by atoms with Gasteiger partial charge in [0.05, 0.1) is 5.56 Å². The smallest absolute Gasteiger partial charge is 0.261 e. The maximum Gasteiger partial charge on any atom is 0.261 e. The molecular formula is C17H19ClN4O. The van der Waals surface area contributed by atoms with Crippen LogP contribution in [0.5, 0.6) is 0 Å². The Morgan fingerprint density at radius 1 is 1.39 bits per heavy atom. The van der Waals surface area contributed by atoms with Gasteiger partial charge < -0.3 is 15.7 Å². The average Bonchev–Trinajstić information content (AvgIpc) is 3.00. The number of benzene rings is 1. The maximum atomic E-state index is 12.2. The zero-order valence-electron chi connectivity index (χ0n) is 12.7. The second-order valence-electron chi connectivity index (χ2n) is 5.91. The number of rotatable bonds is 5. The standard InChI is InChI=1S/C17H19ClN4O/c18-12-6-3-7-13(9-12)20-16-14(10-19)17(23)22-15(21-16)8-11-4-1-2-5-11/h3,6-7,9-11,19H,1-2,4-5,8H2,(H2,20,21,22,23). The minimum absolute atomic E-state index is 0.222. The number of aromatic nitrogens is 2. The van der Waals surface area contributed by atoms with Gasteiger partial charge in [0.2, 0.25) is 0 Å². The molecule has 0 spiro atoms. The van der Waals surface area contributed by atoms with Crippen LogP contribution in [-0.4, -0.2) is 16.2 Å². The number of nitrogens with one attached hydrogen (secondary N) is 3. The van der Waals surface area contributed by atoms with Crippen LogP contribution >= 0.6 is 11.6 Å². The molecule has 1 aromatic carbocycles. The van der Waals surface area contributed by atoms with E-state index in [-0.39, 0.29) is 11.1 Å². The van der Waals surface area contributed by atoms with Crippen LogP contribution < -0.4 is 10.9 Å². The highest BCUT2D eigenvalue weighted by Crippen LogP contribution is 2.27. The molecule has 0 unspecified atom stereocenters. The highest BCUT2D eigenvalue weighted by Gasteiger charge is 2.18. The van der Waals surface area contributed by atoms with Gasteiger partial charge in [-0.25, -0.2) is 4.98 Å². The molecule has 3 rings (SSSR count). The first kappa shape index (κ1) is 15.7. The van der Waals surface area contributed by atoms with Gasteiger partial charge in [0.1, 0.15) is 11.6 Å². The lowest BCUT2D eigenvalue weighted by atomic mass is 10.0. The molecule has 1 fully saturated rings. The van der Waals surface area contributed by atoms with Crippen LogP contribution in [0.4, 0.5) is 11.5 Å². The molecule has 1 aliphatic carbocycles. The van der Waals surface area contributed by atoms with Gasteiger partial charge in [0, 0.05) is 23.3 Å². The molecule has 2 aromatic rings. The van der Waals surface area contributed by atoms with Gasteiger partial charge in [-0.15, -0.1) is 0 Å². The summed E-state index contributed by atoms with van der Waals surface area (Å²) in [5, 5.41) is 11.2. The molecule has 6 heteroatoms. The third-order valence-electron chi connectivity index (χ3n) is 4.19. The molecule has 0 bridgehead atoms. The highest BCUT2D eigenvalue weighted by molar-refractivity contribution is 6.30. The molecule has 1 aliphatic rings. The lowest BCUT2D eigenvalue weighted by Crippen LogP contribution is -2.20. The zero-order chi connectivity index (χ0) is 16.2. The second-order valence-corrected chi connectivity index (χ2v) is 6.35. The molecule has 1 heterocycles. The number of H-pyrrole nitrogens is 1. The fourth-order valence-electron chi connectivity index (χ4n) is 3.05. The Morgan fingerprint density at radius 2 is 2.17 bits per heavy atom. The summed E-state index contributed by atoms with van der Waals surface area (Å²) < 4.78 is 0. The Bertz CT molecular complexity index is 765. The van der Waals surface area contributed by atoms with E-state index < -0.39 is 0 Å². The molecule has 1 aromatic heterocycles. The van der Waals surface area contributed by atoms with Crippen molar-refractivity contribution < 1.29 is 0 Å². The number of nitrogens with zero attached hydrogens (tertiary/aromatic N) is 1. The van der Waals surface area contributed by atoms with Crippen LogP contribution in [-0.2, 0) is 6.42 Å². The van der Waals surface area contributed by atoms with Crippen molar-refractivity contribution in [3.8, 4) is 0 Å². The summed E-state index contributed by atoms with van der Waals surface area (Å²) in [5.74, 6) is 1.67. The van der Waals surface area contributed by atoms with Crippen molar-refractivity contribution >= 4 is 29.3 Å². The largest absolute Gasteiger partial charge is 0.339 e. The third kappa shape index (κ3) is 3.79. The molecule has 23 heavy (non-hydrogen) atoms. The van der Waals surface area contributed by atoms with Crippen molar-refractivity contribution in [2.45, 2.75) is 32.1 Å². The molecule has 0 radical (unpaired) electrons. The maximum absolute atomic E-state index is 12.2. The fraction of sp³-hybridized carbons (Fsp3) is 0.353. The topological polar surface area (TPSA) is 81.6 Å². The van der Waals surface area contributed by atoms with E-state index in [1.807, 2.05) is 12.1 Å². The Labute approximate surface area is 139 Å². The molecule has 5 nitrogen and oxygen atoms in total. The molecule has 0 atom stereocenters. The van der Waals surface area contributed by atoms with Crippen LogP contribution in [0.2, 0.25) is 5.02 Å². The van der Waals surface area contributed by atoms with Gasteiger partial charge in [-0.3, -0.25) is 4.79 Å². The summed E-state index contributed by atoms with van der Waals surface area (Å²) >= 11 is 5.99. The summed E-state index contributed by atoms with van der Waals surface area (Å²) in [6.45, 7) is 0. The van der Waals surface area contributed by atoms with E-state index in [0.717, 1.165) is 18.3 Å². The molecule has 1 saturated carbocycles. The van der Waals surface area contributed by atoms with E-state index in [1.54, 1.807) is 12.1 Å². The van der Waals surface area contributed by atoms with E-state index >= 15 is 0 Å². The van der Waals surface area contributed by atoms with E-state index in [0.29, 0.717) is 22.6 Å². The molecule has 3 N–H and O–H groups in total.